The summed E-state index contributed by atoms with van der Waals surface area (Å²) >= 11 is 1.27. The molecule has 2 aromatic rings. The van der Waals surface area contributed by atoms with Gasteiger partial charge in [0.15, 0.2) is 5.13 Å². The van der Waals surface area contributed by atoms with Crippen molar-refractivity contribution in [2.45, 2.75) is 25.7 Å². The molecule has 126 valence electrons. The molecule has 0 radical (unpaired) electrons. The van der Waals surface area contributed by atoms with Gasteiger partial charge in [0.1, 0.15) is 5.82 Å². The number of benzene rings is 1. The number of anilines is 1. The smallest absolute Gasteiger partial charge is 0.307 e. The highest BCUT2D eigenvalue weighted by molar-refractivity contribution is 7.14. The normalized spacial score (nSPS) is 20.5. The predicted molar refractivity (Wildman–Crippen MR) is 89.2 cm³/mol. The molecule has 2 atom stereocenters. The summed E-state index contributed by atoms with van der Waals surface area (Å²) in [7, 11) is 0. The summed E-state index contributed by atoms with van der Waals surface area (Å²) in [5, 5.41) is 14.2. The first-order valence-corrected chi connectivity index (χ1v) is 8.67. The number of halogens is 1. The van der Waals surface area contributed by atoms with Gasteiger partial charge in [-0.25, -0.2) is 9.37 Å². The Balaban J connectivity index is 1.70. The van der Waals surface area contributed by atoms with Gasteiger partial charge in [0.25, 0.3) is 0 Å². The number of hydrogen-bond donors (Lipinski definition) is 2. The number of nitrogens with zero attached hydrogens (tertiary/aromatic N) is 1. The van der Waals surface area contributed by atoms with Crippen LogP contribution in [0.4, 0.5) is 9.52 Å². The number of carboxylic acid groups (broad SMARTS) is 1. The van der Waals surface area contributed by atoms with Gasteiger partial charge in [-0.15, -0.1) is 11.3 Å². The van der Waals surface area contributed by atoms with E-state index in [4.69, 9.17) is 0 Å². The first-order valence-electron chi connectivity index (χ1n) is 7.80. The monoisotopic (exact) mass is 348 g/mol. The van der Waals surface area contributed by atoms with Crippen LogP contribution >= 0.6 is 11.3 Å². The highest BCUT2D eigenvalue weighted by Crippen LogP contribution is 2.32. The van der Waals surface area contributed by atoms with Gasteiger partial charge >= 0.3 is 5.97 Å². The Morgan fingerprint density at radius 1 is 1.17 bits per heavy atom. The van der Waals surface area contributed by atoms with Crippen LogP contribution in [0.1, 0.15) is 25.7 Å². The number of carbonyl (C=O) groups excluding carboxylic acids is 1. The zero-order valence-corrected chi connectivity index (χ0v) is 13.7. The molecule has 2 N–H and O–H groups in total. The quantitative estimate of drug-likeness (QED) is 0.881. The van der Waals surface area contributed by atoms with Crippen LogP contribution in [-0.4, -0.2) is 22.0 Å². The first-order chi connectivity index (χ1) is 11.5. The van der Waals surface area contributed by atoms with Crippen LogP contribution in [0.3, 0.4) is 0 Å². The van der Waals surface area contributed by atoms with Crippen molar-refractivity contribution in [2.24, 2.45) is 11.8 Å². The van der Waals surface area contributed by atoms with Crippen LogP contribution in [0, 0.1) is 17.7 Å². The van der Waals surface area contributed by atoms with Gasteiger partial charge in [-0.05, 0) is 37.1 Å². The summed E-state index contributed by atoms with van der Waals surface area (Å²) in [6.07, 6.45) is 2.82. The number of carboxylic acids is 1. The molecular formula is C17H17FN2O3S. The van der Waals surface area contributed by atoms with E-state index in [2.05, 4.69) is 10.3 Å². The summed E-state index contributed by atoms with van der Waals surface area (Å²) in [6, 6.07) is 5.95. The Kier molecular flexibility index (Phi) is 4.89. The van der Waals surface area contributed by atoms with Crippen molar-refractivity contribution in [3.63, 3.8) is 0 Å². The molecule has 7 heteroatoms. The van der Waals surface area contributed by atoms with Crippen molar-refractivity contribution in [3.05, 3.63) is 35.5 Å². The van der Waals surface area contributed by atoms with Crippen LogP contribution in [0.15, 0.2) is 29.6 Å². The van der Waals surface area contributed by atoms with E-state index in [-0.39, 0.29) is 11.7 Å². The van der Waals surface area contributed by atoms with E-state index >= 15 is 0 Å². The third kappa shape index (κ3) is 3.62. The SMILES string of the molecule is O=C(O)[C@H]1CCCC[C@H]1C(=O)Nc1nc(-c2ccc(F)cc2)cs1. The molecule has 0 aliphatic heterocycles. The molecular weight excluding hydrogens is 331 g/mol. The predicted octanol–water partition coefficient (Wildman–Crippen LogP) is 3.78. The molecule has 0 spiro atoms. The Bertz CT molecular complexity index is 745. The van der Waals surface area contributed by atoms with Crippen LogP contribution < -0.4 is 5.32 Å². The zero-order valence-electron chi connectivity index (χ0n) is 12.9. The van der Waals surface area contributed by atoms with Crippen LogP contribution in [0.5, 0.6) is 0 Å². The maximum absolute atomic E-state index is 13.0. The number of carbonyl (C=O) groups is 2. The number of aliphatic carboxylic acids is 1. The summed E-state index contributed by atoms with van der Waals surface area (Å²) < 4.78 is 13.0. The van der Waals surface area contributed by atoms with Crippen molar-refractivity contribution in [1.29, 1.82) is 0 Å². The van der Waals surface area contributed by atoms with Gasteiger partial charge in [-0.1, -0.05) is 12.8 Å². The lowest BCUT2D eigenvalue weighted by atomic mass is 9.79. The van der Waals surface area contributed by atoms with E-state index in [9.17, 15) is 19.1 Å². The zero-order chi connectivity index (χ0) is 17.1. The molecule has 1 heterocycles. The average Bonchev–Trinajstić information content (AvgIpc) is 3.04. The minimum absolute atomic E-state index is 0.290. The standard InChI is InChI=1S/C17H17FN2O3S/c18-11-7-5-10(6-8-11)14-9-24-17(19-14)20-15(21)12-3-1-2-4-13(12)16(22)23/h5-9,12-13H,1-4H2,(H,22,23)(H,19,20,21)/t12-,13+/m1/s1. The molecule has 1 aromatic carbocycles. The fourth-order valence-electron chi connectivity index (χ4n) is 3.02. The summed E-state index contributed by atoms with van der Waals surface area (Å²) in [4.78, 5) is 28.1. The number of aromatic nitrogens is 1. The molecule has 1 fully saturated rings. The van der Waals surface area contributed by atoms with Crippen molar-refractivity contribution in [1.82, 2.24) is 4.98 Å². The lowest BCUT2D eigenvalue weighted by Gasteiger charge is -2.26. The minimum Gasteiger partial charge on any atom is -0.481 e. The lowest BCUT2D eigenvalue weighted by molar-refractivity contribution is -0.147. The van der Waals surface area contributed by atoms with E-state index in [1.807, 2.05) is 0 Å². The van der Waals surface area contributed by atoms with Gasteiger partial charge < -0.3 is 10.4 Å². The number of rotatable bonds is 4. The lowest BCUT2D eigenvalue weighted by Crippen LogP contribution is -2.36. The molecule has 1 aromatic heterocycles. The minimum atomic E-state index is -0.916. The number of nitrogens with one attached hydrogen (secondary N) is 1. The maximum Gasteiger partial charge on any atom is 0.307 e. The van der Waals surface area contributed by atoms with E-state index in [0.717, 1.165) is 18.4 Å². The molecule has 24 heavy (non-hydrogen) atoms. The molecule has 0 bridgehead atoms. The third-order valence-corrected chi connectivity index (χ3v) is 5.05. The van der Waals surface area contributed by atoms with E-state index in [0.29, 0.717) is 23.7 Å². The molecule has 1 aliphatic rings. The second-order valence-electron chi connectivity index (χ2n) is 5.87. The highest BCUT2D eigenvalue weighted by atomic mass is 32.1. The molecule has 0 saturated heterocycles. The molecule has 1 saturated carbocycles. The summed E-state index contributed by atoms with van der Waals surface area (Å²) in [5.74, 6) is -2.67. The van der Waals surface area contributed by atoms with E-state index in [1.165, 1.54) is 23.5 Å². The van der Waals surface area contributed by atoms with Gasteiger partial charge in [-0.2, -0.15) is 0 Å². The topological polar surface area (TPSA) is 79.3 Å². The molecule has 5 nitrogen and oxygen atoms in total. The van der Waals surface area contributed by atoms with Gasteiger partial charge in [0.05, 0.1) is 17.5 Å². The van der Waals surface area contributed by atoms with Gasteiger partial charge in [0, 0.05) is 10.9 Å². The van der Waals surface area contributed by atoms with Crippen LogP contribution in [0.2, 0.25) is 0 Å². The van der Waals surface area contributed by atoms with Gasteiger partial charge in [0.2, 0.25) is 5.91 Å². The molecule has 0 unspecified atom stereocenters. The average molecular weight is 348 g/mol. The Morgan fingerprint density at radius 3 is 2.50 bits per heavy atom. The summed E-state index contributed by atoms with van der Waals surface area (Å²) in [6.45, 7) is 0. The van der Waals surface area contributed by atoms with Crippen molar-refractivity contribution >= 4 is 28.3 Å². The Hall–Kier alpha value is -2.28. The van der Waals surface area contributed by atoms with Crippen molar-refractivity contribution < 1.29 is 19.1 Å². The molecule has 3 rings (SSSR count). The highest BCUT2D eigenvalue weighted by Gasteiger charge is 2.35. The second kappa shape index (κ2) is 7.09. The van der Waals surface area contributed by atoms with E-state index in [1.54, 1.807) is 17.5 Å². The molecule has 1 aliphatic carbocycles. The number of hydrogen-bond acceptors (Lipinski definition) is 4. The van der Waals surface area contributed by atoms with Gasteiger partial charge in [-0.3, -0.25) is 9.59 Å². The van der Waals surface area contributed by atoms with Crippen molar-refractivity contribution in [3.8, 4) is 11.3 Å². The van der Waals surface area contributed by atoms with Crippen molar-refractivity contribution in [2.75, 3.05) is 5.32 Å². The second-order valence-corrected chi connectivity index (χ2v) is 6.73. The Labute approximate surface area is 142 Å². The molecule has 1 amide bonds. The third-order valence-electron chi connectivity index (χ3n) is 4.29. The van der Waals surface area contributed by atoms with E-state index < -0.39 is 17.8 Å². The Morgan fingerprint density at radius 2 is 1.83 bits per heavy atom. The number of thiazole rings is 1. The first kappa shape index (κ1) is 16.6. The largest absolute Gasteiger partial charge is 0.481 e. The summed E-state index contributed by atoms with van der Waals surface area (Å²) in [5.41, 5.74) is 1.41. The fraction of sp³-hybridized carbons (Fsp3) is 0.353. The maximum atomic E-state index is 13.0. The number of amides is 1. The van der Waals surface area contributed by atoms with Crippen LogP contribution in [-0.2, 0) is 9.59 Å². The fourth-order valence-corrected chi connectivity index (χ4v) is 3.75. The van der Waals surface area contributed by atoms with Crippen LogP contribution in [0.25, 0.3) is 11.3 Å².